The molecule has 0 amide bonds. The number of rotatable bonds is 4. The van der Waals surface area contributed by atoms with Crippen LogP contribution < -0.4 is 0 Å². The Kier molecular flexibility index (Phi) is 3.76. The molecular weight excluding hydrogens is 290 g/mol. The number of carboxylic acids is 1. The van der Waals surface area contributed by atoms with Gasteiger partial charge in [-0.3, -0.25) is 10.1 Å². The van der Waals surface area contributed by atoms with Gasteiger partial charge in [0.2, 0.25) is 0 Å². The van der Waals surface area contributed by atoms with Gasteiger partial charge >= 0.3 is 5.97 Å². The minimum atomic E-state index is -1.22. The van der Waals surface area contributed by atoms with Crippen LogP contribution in [-0.2, 0) is 0 Å². The number of carbonyl (C=O) groups is 1. The lowest BCUT2D eigenvalue weighted by molar-refractivity contribution is -0.387. The lowest BCUT2D eigenvalue weighted by Gasteiger charge is -2.04. The van der Waals surface area contributed by atoms with Crippen LogP contribution in [0.3, 0.4) is 0 Å². The van der Waals surface area contributed by atoms with Crippen molar-refractivity contribution >= 4 is 35.0 Å². The molecule has 2 rings (SSSR count). The Bertz CT molecular complexity index is 624. The van der Waals surface area contributed by atoms with E-state index in [-0.39, 0.29) is 16.1 Å². The summed E-state index contributed by atoms with van der Waals surface area (Å²) in [5, 5.41) is 20.0. The molecule has 0 bridgehead atoms. The standard InChI is InChI=1S/C10H7N3O4S2/c1-5-11-10(19-12-5)18-8-6(9(14)15)3-2-4-7(8)13(16)17/h2-4H,1H3,(H,14,15). The smallest absolute Gasteiger partial charge is 0.337 e. The van der Waals surface area contributed by atoms with Crippen LogP contribution >= 0.6 is 23.3 Å². The van der Waals surface area contributed by atoms with Crippen molar-refractivity contribution in [2.24, 2.45) is 0 Å². The number of hydrogen-bond donors (Lipinski definition) is 1. The Morgan fingerprint density at radius 2 is 2.26 bits per heavy atom. The van der Waals surface area contributed by atoms with Gasteiger partial charge in [0.25, 0.3) is 5.69 Å². The Labute approximate surface area is 115 Å². The van der Waals surface area contributed by atoms with Crippen LogP contribution in [0.1, 0.15) is 16.2 Å². The minimum absolute atomic E-state index is 0.0659. The number of hydrogen-bond acceptors (Lipinski definition) is 7. The maximum atomic E-state index is 11.1. The molecule has 0 aliphatic heterocycles. The van der Waals surface area contributed by atoms with E-state index in [9.17, 15) is 14.9 Å². The van der Waals surface area contributed by atoms with Crippen LogP contribution in [0.5, 0.6) is 0 Å². The first-order valence-electron chi connectivity index (χ1n) is 4.98. The van der Waals surface area contributed by atoms with E-state index in [0.717, 1.165) is 23.3 Å². The van der Waals surface area contributed by atoms with Crippen molar-refractivity contribution in [3.05, 3.63) is 39.7 Å². The first-order valence-corrected chi connectivity index (χ1v) is 6.57. The monoisotopic (exact) mass is 297 g/mol. The molecule has 0 unspecified atom stereocenters. The number of carboxylic acid groups (broad SMARTS) is 1. The molecule has 2 aromatic rings. The molecule has 19 heavy (non-hydrogen) atoms. The zero-order valence-electron chi connectivity index (χ0n) is 9.56. The minimum Gasteiger partial charge on any atom is -0.478 e. The topological polar surface area (TPSA) is 106 Å². The van der Waals surface area contributed by atoms with Gasteiger partial charge in [-0.2, -0.15) is 4.37 Å². The van der Waals surface area contributed by atoms with Crippen LogP contribution in [0.25, 0.3) is 0 Å². The van der Waals surface area contributed by atoms with E-state index in [1.54, 1.807) is 6.92 Å². The molecule has 9 heteroatoms. The summed E-state index contributed by atoms with van der Waals surface area (Å²) in [6, 6.07) is 3.94. The fraction of sp³-hybridized carbons (Fsp3) is 0.100. The first-order chi connectivity index (χ1) is 8.99. The van der Waals surface area contributed by atoms with E-state index >= 15 is 0 Å². The number of nitro groups is 1. The van der Waals surface area contributed by atoms with E-state index in [1.807, 2.05) is 0 Å². The average Bonchev–Trinajstić information content (AvgIpc) is 2.74. The summed E-state index contributed by atoms with van der Waals surface area (Å²) < 4.78 is 4.42. The van der Waals surface area contributed by atoms with Gasteiger partial charge in [-0.25, -0.2) is 9.78 Å². The highest BCUT2D eigenvalue weighted by molar-refractivity contribution is 8.01. The molecule has 0 saturated carbocycles. The second-order valence-corrected chi connectivity index (χ2v) is 5.43. The second kappa shape index (κ2) is 5.33. The van der Waals surface area contributed by atoms with Crippen LogP contribution in [0.2, 0.25) is 0 Å². The van der Waals surface area contributed by atoms with Crippen LogP contribution in [0.4, 0.5) is 5.69 Å². The molecule has 0 spiro atoms. The lowest BCUT2D eigenvalue weighted by Crippen LogP contribution is -2.01. The fourth-order valence-electron chi connectivity index (χ4n) is 1.35. The third-order valence-electron chi connectivity index (χ3n) is 2.12. The normalized spacial score (nSPS) is 10.4. The summed E-state index contributed by atoms with van der Waals surface area (Å²) in [6.45, 7) is 1.69. The van der Waals surface area contributed by atoms with Crippen LogP contribution in [0, 0.1) is 17.0 Å². The molecule has 7 nitrogen and oxygen atoms in total. The van der Waals surface area contributed by atoms with Gasteiger partial charge in [0, 0.05) is 6.07 Å². The van der Waals surface area contributed by atoms with Gasteiger partial charge < -0.3 is 5.11 Å². The third kappa shape index (κ3) is 2.88. The Balaban J connectivity index is 2.52. The third-order valence-corrected chi connectivity index (χ3v) is 4.10. The fourth-order valence-corrected chi connectivity index (χ4v) is 3.15. The highest BCUT2D eigenvalue weighted by Gasteiger charge is 2.23. The maximum Gasteiger partial charge on any atom is 0.337 e. The summed E-state index contributed by atoms with van der Waals surface area (Å²) in [5.41, 5.74) is -0.371. The van der Waals surface area contributed by atoms with Crippen molar-refractivity contribution < 1.29 is 14.8 Å². The van der Waals surface area contributed by atoms with Crippen molar-refractivity contribution in [1.29, 1.82) is 0 Å². The lowest BCUT2D eigenvalue weighted by atomic mass is 10.2. The van der Waals surface area contributed by atoms with Crippen molar-refractivity contribution in [2.75, 3.05) is 0 Å². The van der Waals surface area contributed by atoms with Crippen molar-refractivity contribution in [3.63, 3.8) is 0 Å². The molecule has 0 radical (unpaired) electrons. The predicted molar refractivity (Wildman–Crippen MR) is 68.8 cm³/mol. The van der Waals surface area contributed by atoms with Gasteiger partial charge in [-0.1, -0.05) is 6.07 Å². The number of aromatic nitrogens is 2. The highest BCUT2D eigenvalue weighted by atomic mass is 32.2. The summed E-state index contributed by atoms with van der Waals surface area (Å²) in [4.78, 5) is 25.6. The molecule has 1 heterocycles. The van der Waals surface area contributed by atoms with Gasteiger partial charge in [0.1, 0.15) is 10.7 Å². The molecule has 0 atom stereocenters. The molecule has 1 aromatic carbocycles. The summed E-state index contributed by atoms with van der Waals surface area (Å²) in [6.07, 6.45) is 0. The summed E-state index contributed by atoms with van der Waals surface area (Å²) in [5.74, 6) is -0.671. The number of aryl methyl sites for hydroxylation is 1. The van der Waals surface area contributed by atoms with Gasteiger partial charge in [0.15, 0.2) is 4.34 Å². The first kappa shape index (κ1) is 13.4. The largest absolute Gasteiger partial charge is 0.478 e. The zero-order valence-corrected chi connectivity index (χ0v) is 11.2. The highest BCUT2D eigenvalue weighted by Crippen LogP contribution is 2.38. The Morgan fingerprint density at radius 1 is 1.53 bits per heavy atom. The van der Waals surface area contributed by atoms with Gasteiger partial charge in [-0.15, -0.1) is 0 Å². The molecular formula is C10H7N3O4S2. The second-order valence-electron chi connectivity index (χ2n) is 3.43. The van der Waals surface area contributed by atoms with Crippen LogP contribution in [-0.4, -0.2) is 25.4 Å². The van der Waals surface area contributed by atoms with Crippen molar-refractivity contribution in [2.45, 2.75) is 16.2 Å². The molecule has 0 fully saturated rings. The zero-order chi connectivity index (χ0) is 14.0. The quantitative estimate of drug-likeness (QED) is 0.682. The summed E-state index contributed by atoms with van der Waals surface area (Å²) >= 11 is 2.01. The molecule has 0 saturated heterocycles. The van der Waals surface area contributed by atoms with E-state index in [4.69, 9.17) is 5.11 Å². The van der Waals surface area contributed by atoms with Crippen LogP contribution in [0.15, 0.2) is 27.4 Å². The number of nitro benzene ring substituents is 1. The molecule has 98 valence electrons. The van der Waals surface area contributed by atoms with E-state index in [2.05, 4.69) is 9.36 Å². The van der Waals surface area contributed by atoms with Gasteiger partial charge in [-0.05, 0) is 36.3 Å². The van der Waals surface area contributed by atoms with Gasteiger partial charge in [0.05, 0.1) is 10.5 Å². The van der Waals surface area contributed by atoms with Crippen molar-refractivity contribution in [1.82, 2.24) is 9.36 Å². The Morgan fingerprint density at radius 3 is 2.79 bits per heavy atom. The number of benzene rings is 1. The molecule has 1 N–H and O–H groups in total. The average molecular weight is 297 g/mol. The van der Waals surface area contributed by atoms with E-state index < -0.39 is 10.9 Å². The molecule has 1 aromatic heterocycles. The predicted octanol–water partition coefficient (Wildman–Crippen LogP) is 2.60. The van der Waals surface area contributed by atoms with E-state index in [0.29, 0.717) is 10.2 Å². The molecule has 0 aliphatic carbocycles. The summed E-state index contributed by atoms with van der Waals surface area (Å²) in [7, 11) is 0. The maximum absolute atomic E-state index is 11.1. The number of nitrogens with zero attached hydrogens (tertiary/aromatic N) is 3. The van der Waals surface area contributed by atoms with E-state index in [1.165, 1.54) is 18.2 Å². The number of aromatic carboxylic acids is 1. The SMILES string of the molecule is Cc1nsc(Sc2c(C(=O)O)cccc2[N+](=O)[O-])n1. The van der Waals surface area contributed by atoms with Crippen molar-refractivity contribution in [3.8, 4) is 0 Å². The molecule has 0 aliphatic rings. The Hall–Kier alpha value is -2.00.